The van der Waals surface area contributed by atoms with Crippen LogP contribution in [0.4, 0.5) is 4.39 Å². The van der Waals surface area contributed by atoms with Crippen molar-refractivity contribution < 1.29 is 8.60 Å². The number of nitrogens with zero attached hydrogens (tertiary/aromatic N) is 1. The first kappa shape index (κ1) is 14.9. The first-order valence-corrected chi connectivity index (χ1v) is 8.62. The normalized spacial score (nSPS) is 14.7. The van der Waals surface area contributed by atoms with E-state index in [4.69, 9.17) is 12.2 Å². The van der Waals surface area contributed by atoms with Gasteiger partial charge in [0.05, 0.1) is 15.5 Å². The molecule has 0 aliphatic carbocycles. The lowest BCUT2D eigenvalue weighted by Gasteiger charge is -2.09. The highest BCUT2D eigenvalue weighted by Crippen LogP contribution is 2.23. The van der Waals surface area contributed by atoms with Crippen LogP contribution in [0.3, 0.4) is 0 Å². The molecular weight excluding hydrogens is 351 g/mol. The maximum atomic E-state index is 13.5. The van der Waals surface area contributed by atoms with Gasteiger partial charge in [-0.05, 0) is 40.6 Å². The molecule has 1 aromatic carbocycles. The quantitative estimate of drug-likeness (QED) is 0.838. The summed E-state index contributed by atoms with van der Waals surface area (Å²) in [6, 6.07) is 3.14. The van der Waals surface area contributed by atoms with Gasteiger partial charge < -0.3 is 9.55 Å². The van der Waals surface area contributed by atoms with Crippen LogP contribution in [-0.2, 0) is 17.3 Å². The number of aromatic nitrogens is 2. The third kappa shape index (κ3) is 3.14. The predicted octanol–water partition coefficient (Wildman–Crippen LogP) is 3.76. The molecule has 0 bridgehead atoms. The van der Waals surface area contributed by atoms with Crippen LogP contribution in [0.1, 0.15) is 13.3 Å². The monoisotopic (exact) mass is 364 g/mol. The van der Waals surface area contributed by atoms with Crippen LogP contribution in [0, 0.1) is 10.6 Å². The standard InChI is InChI=1S/C12H14BrFN2OS2/c1-7(19(2)17)3-4-16-11-5-8(13)9(14)6-10(11)15-12(16)18/h5-7H,3-4H2,1-2H3,(H,15,18). The lowest BCUT2D eigenvalue weighted by molar-refractivity contribution is 0.619. The third-order valence-electron chi connectivity index (χ3n) is 3.14. The van der Waals surface area contributed by atoms with Gasteiger partial charge in [0, 0.05) is 34.9 Å². The van der Waals surface area contributed by atoms with E-state index in [9.17, 15) is 8.60 Å². The molecule has 0 saturated carbocycles. The van der Waals surface area contributed by atoms with Crippen molar-refractivity contribution >= 4 is 50.0 Å². The van der Waals surface area contributed by atoms with Crippen molar-refractivity contribution in [3.8, 4) is 0 Å². The highest BCUT2D eigenvalue weighted by molar-refractivity contribution is 9.10. The molecule has 2 rings (SSSR count). The van der Waals surface area contributed by atoms with E-state index in [1.807, 2.05) is 11.5 Å². The number of H-pyrrole nitrogens is 1. The molecule has 2 aromatic rings. The number of nitrogens with one attached hydrogen (secondary N) is 1. The number of hydrogen-bond donors (Lipinski definition) is 1. The van der Waals surface area contributed by atoms with Gasteiger partial charge in [-0.25, -0.2) is 4.39 Å². The van der Waals surface area contributed by atoms with Crippen molar-refractivity contribution in [1.82, 2.24) is 9.55 Å². The molecule has 2 atom stereocenters. The molecule has 19 heavy (non-hydrogen) atoms. The van der Waals surface area contributed by atoms with Gasteiger partial charge in [0.25, 0.3) is 0 Å². The molecule has 0 aliphatic rings. The lowest BCUT2D eigenvalue weighted by atomic mass is 10.3. The van der Waals surface area contributed by atoms with E-state index in [0.29, 0.717) is 21.3 Å². The zero-order chi connectivity index (χ0) is 14.2. The molecule has 2 unspecified atom stereocenters. The summed E-state index contributed by atoms with van der Waals surface area (Å²) in [5, 5.41) is 0.107. The summed E-state index contributed by atoms with van der Waals surface area (Å²) in [6.07, 6.45) is 2.46. The molecule has 1 aromatic heterocycles. The molecule has 7 heteroatoms. The molecule has 0 fully saturated rings. The topological polar surface area (TPSA) is 37.8 Å². The third-order valence-corrected chi connectivity index (χ3v) is 5.44. The van der Waals surface area contributed by atoms with E-state index in [0.717, 1.165) is 11.9 Å². The molecule has 0 radical (unpaired) electrons. The number of hydrogen-bond acceptors (Lipinski definition) is 2. The molecule has 0 aliphatic heterocycles. The Balaban J connectivity index is 2.38. The Kier molecular flexibility index (Phi) is 4.58. The zero-order valence-electron chi connectivity index (χ0n) is 10.6. The minimum Gasteiger partial charge on any atom is -0.330 e. The second-order valence-corrected chi connectivity index (χ2v) is 7.51. The first-order chi connectivity index (χ1) is 8.90. The maximum absolute atomic E-state index is 13.5. The van der Waals surface area contributed by atoms with E-state index in [1.54, 1.807) is 12.3 Å². The molecule has 0 spiro atoms. The Morgan fingerprint density at radius 2 is 2.26 bits per heavy atom. The maximum Gasteiger partial charge on any atom is 0.178 e. The van der Waals surface area contributed by atoms with Crippen LogP contribution in [0.5, 0.6) is 0 Å². The molecule has 0 saturated heterocycles. The van der Waals surface area contributed by atoms with E-state index in [1.165, 1.54) is 6.07 Å². The number of benzene rings is 1. The van der Waals surface area contributed by atoms with Gasteiger partial charge in [-0.3, -0.25) is 4.21 Å². The number of rotatable bonds is 4. The summed E-state index contributed by atoms with van der Waals surface area (Å²) in [5.41, 5.74) is 1.53. The van der Waals surface area contributed by atoms with Crippen molar-refractivity contribution in [3.63, 3.8) is 0 Å². The average Bonchev–Trinajstić information content (AvgIpc) is 2.62. The van der Waals surface area contributed by atoms with Gasteiger partial charge in [0.1, 0.15) is 5.82 Å². The second-order valence-electron chi connectivity index (χ2n) is 4.46. The van der Waals surface area contributed by atoms with Crippen molar-refractivity contribution in [2.75, 3.05) is 6.26 Å². The van der Waals surface area contributed by atoms with Crippen molar-refractivity contribution in [2.45, 2.75) is 25.1 Å². The van der Waals surface area contributed by atoms with E-state index in [-0.39, 0.29) is 11.1 Å². The van der Waals surface area contributed by atoms with Gasteiger partial charge in [-0.15, -0.1) is 0 Å². The Bertz CT molecular complexity index is 695. The fourth-order valence-corrected chi connectivity index (χ4v) is 2.92. The molecule has 3 nitrogen and oxygen atoms in total. The Labute approximate surface area is 126 Å². The fraction of sp³-hybridized carbons (Fsp3) is 0.417. The van der Waals surface area contributed by atoms with E-state index in [2.05, 4.69) is 20.9 Å². The highest BCUT2D eigenvalue weighted by atomic mass is 79.9. The summed E-state index contributed by atoms with van der Waals surface area (Å²) >= 11 is 8.43. The van der Waals surface area contributed by atoms with Crippen LogP contribution >= 0.6 is 28.1 Å². The molecule has 104 valence electrons. The van der Waals surface area contributed by atoms with Gasteiger partial charge in [0.15, 0.2) is 4.77 Å². The summed E-state index contributed by atoms with van der Waals surface area (Å²) in [5.74, 6) is -0.320. The van der Waals surface area contributed by atoms with E-state index < -0.39 is 10.8 Å². The minimum absolute atomic E-state index is 0.107. The van der Waals surface area contributed by atoms with Gasteiger partial charge in [0.2, 0.25) is 0 Å². The van der Waals surface area contributed by atoms with Crippen molar-refractivity contribution in [1.29, 1.82) is 0 Å². The highest BCUT2D eigenvalue weighted by Gasteiger charge is 2.11. The Morgan fingerprint density at radius 1 is 1.58 bits per heavy atom. The predicted molar refractivity (Wildman–Crippen MR) is 82.9 cm³/mol. The van der Waals surface area contributed by atoms with Crippen molar-refractivity contribution in [2.24, 2.45) is 0 Å². The van der Waals surface area contributed by atoms with Crippen molar-refractivity contribution in [3.05, 3.63) is 27.2 Å². The summed E-state index contributed by atoms with van der Waals surface area (Å²) < 4.78 is 27.7. The first-order valence-electron chi connectivity index (χ1n) is 5.80. The molecule has 0 amide bonds. The fourth-order valence-electron chi connectivity index (χ4n) is 1.85. The Hall–Kier alpha value is -0.530. The number of aromatic amines is 1. The Morgan fingerprint density at radius 3 is 2.89 bits per heavy atom. The second kappa shape index (κ2) is 5.85. The molecular formula is C12H14BrFN2OS2. The lowest BCUT2D eigenvalue weighted by Crippen LogP contribution is -2.12. The van der Waals surface area contributed by atoms with Gasteiger partial charge >= 0.3 is 0 Å². The number of fused-ring (bicyclic) bond motifs is 1. The van der Waals surface area contributed by atoms with Gasteiger partial charge in [-0.1, -0.05) is 6.92 Å². The number of imidazole rings is 1. The summed E-state index contributed by atoms with van der Waals surface area (Å²) in [4.78, 5) is 2.99. The number of halogens is 2. The average molecular weight is 365 g/mol. The smallest absolute Gasteiger partial charge is 0.178 e. The number of aryl methyl sites for hydroxylation is 1. The van der Waals surface area contributed by atoms with Crippen LogP contribution in [0.25, 0.3) is 11.0 Å². The SMILES string of the molecule is CC(CCn1c(=S)[nH]c2cc(F)c(Br)cc21)S(C)=O. The largest absolute Gasteiger partial charge is 0.330 e. The molecule has 1 N–H and O–H groups in total. The van der Waals surface area contributed by atoms with Gasteiger partial charge in [-0.2, -0.15) is 0 Å². The molecule has 1 heterocycles. The summed E-state index contributed by atoms with van der Waals surface area (Å²) in [6.45, 7) is 2.61. The van der Waals surface area contributed by atoms with E-state index >= 15 is 0 Å². The van der Waals surface area contributed by atoms with Crippen LogP contribution in [0.2, 0.25) is 0 Å². The summed E-state index contributed by atoms with van der Waals surface area (Å²) in [7, 11) is -0.847. The van der Waals surface area contributed by atoms with Crippen LogP contribution in [0.15, 0.2) is 16.6 Å². The van der Waals surface area contributed by atoms with Crippen LogP contribution in [-0.4, -0.2) is 25.3 Å². The minimum atomic E-state index is -0.847. The zero-order valence-corrected chi connectivity index (χ0v) is 13.8. The van der Waals surface area contributed by atoms with Crippen LogP contribution < -0.4 is 0 Å².